The molecule has 1 fully saturated rings. The van der Waals surface area contributed by atoms with Crippen LogP contribution < -0.4 is 5.73 Å². The third-order valence-corrected chi connectivity index (χ3v) is 3.91. The van der Waals surface area contributed by atoms with E-state index in [9.17, 15) is 13.9 Å². The van der Waals surface area contributed by atoms with Gasteiger partial charge >= 0.3 is 0 Å². The third-order valence-electron chi connectivity index (χ3n) is 3.30. The van der Waals surface area contributed by atoms with E-state index in [0.29, 0.717) is 12.8 Å². The van der Waals surface area contributed by atoms with Crippen LogP contribution in [0.15, 0.2) is 10.5 Å². The van der Waals surface area contributed by atoms with Crippen LogP contribution in [-0.2, 0) is 5.41 Å². The van der Waals surface area contributed by atoms with Gasteiger partial charge in [0, 0.05) is 17.0 Å². The summed E-state index contributed by atoms with van der Waals surface area (Å²) in [6.07, 6.45) is 1.34. The highest BCUT2D eigenvalue weighted by molar-refractivity contribution is 9.10. The van der Waals surface area contributed by atoms with Crippen molar-refractivity contribution in [3.8, 4) is 5.75 Å². The lowest BCUT2D eigenvalue weighted by atomic mass is 9.88. The summed E-state index contributed by atoms with van der Waals surface area (Å²) >= 11 is 3.00. The maximum atomic E-state index is 13.7. The number of nitrogens with two attached hydrogens (primary N) is 1. The van der Waals surface area contributed by atoms with Gasteiger partial charge in [0.25, 0.3) is 0 Å². The van der Waals surface area contributed by atoms with Gasteiger partial charge in [-0.3, -0.25) is 0 Å². The number of rotatable bonds is 2. The molecule has 16 heavy (non-hydrogen) atoms. The van der Waals surface area contributed by atoms with Crippen LogP contribution in [0.25, 0.3) is 0 Å². The van der Waals surface area contributed by atoms with Gasteiger partial charge in [-0.2, -0.15) is 0 Å². The average molecular weight is 292 g/mol. The monoisotopic (exact) mass is 291 g/mol. The number of hydrogen-bond acceptors (Lipinski definition) is 2. The number of aromatic hydroxyl groups is 1. The molecule has 0 saturated heterocycles. The first kappa shape index (κ1) is 11.8. The number of benzene rings is 1. The van der Waals surface area contributed by atoms with Gasteiger partial charge in [0.1, 0.15) is 5.75 Å². The smallest absolute Gasteiger partial charge is 0.166 e. The van der Waals surface area contributed by atoms with Crippen LogP contribution in [0.4, 0.5) is 8.78 Å². The summed E-state index contributed by atoms with van der Waals surface area (Å²) in [6, 6.07) is 0.604. The van der Waals surface area contributed by atoms with Gasteiger partial charge in [0.15, 0.2) is 11.6 Å². The van der Waals surface area contributed by atoms with Crippen LogP contribution in [0.1, 0.15) is 25.3 Å². The van der Waals surface area contributed by atoms with Gasteiger partial charge in [0.2, 0.25) is 0 Å². The Labute approximate surface area is 101 Å². The highest BCUT2D eigenvalue weighted by Crippen LogP contribution is 2.55. The third kappa shape index (κ3) is 1.53. The molecule has 0 heterocycles. The van der Waals surface area contributed by atoms with E-state index in [1.165, 1.54) is 0 Å². The molecule has 5 heteroatoms. The second-order valence-electron chi connectivity index (χ2n) is 4.32. The van der Waals surface area contributed by atoms with Gasteiger partial charge in [-0.15, -0.1) is 0 Å². The van der Waals surface area contributed by atoms with E-state index in [4.69, 9.17) is 5.73 Å². The van der Waals surface area contributed by atoms with Crippen molar-refractivity contribution >= 4 is 15.9 Å². The summed E-state index contributed by atoms with van der Waals surface area (Å²) in [6.45, 7) is 1.74. The number of phenolic OH excluding ortho intramolecular Hbond substituents is 1. The van der Waals surface area contributed by atoms with E-state index in [1.807, 2.05) is 0 Å². The van der Waals surface area contributed by atoms with Crippen molar-refractivity contribution in [3.63, 3.8) is 0 Å². The minimum absolute atomic E-state index is 0.00868. The summed E-state index contributed by atoms with van der Waals surface area (Å²) in [5.74, 6) is -2.20. The fourth-order valence-electron chi connectivity index (χ4n) is 2.11. The topological polar surface area (TPSA) is 46.2 Å². The summed E-state index contributed by atoms with van der Waals surface area (Å²) in [7, 11) is 0. The van der Waals surface area contributed by atoms with E-state index in [1.54, 1.807) is 6.92 Å². The quantitative estimate of drug-likeness (QED) is 0.823. The van der Waals surface area contributed by atoms with Crippen molar-refractivity contribution in [1.29, 1.82) is 0 Å². The van der Waals surface area contributed by atoms with E-state index < -0.39 is 17.0 Å². The zero-order valence-electron chi connectivity index (χ0n) is 8.73. The van der Waals surface area contributed by atoms with E-state index >= 15 is 0 Å². The lowest BCUT2D eigenvalue weighted by molar-refractivity contribution is 0.409. The Morgan fingerprint density at radius 1 is 1.50 bits per heavy atom. The van der Waals surface area contributed by atoms with Gasteiger partial charge in [-0.05, 0) is 41.8 Å². The second kappa shape index (κ2) is 3.67. The molecule has 1 aliphatic carbocycles. The van der Waals surface area contributed by atoms with Crippen molar-refractivity contribution in [2.24, 2.45) is 5.73 Å². The summed E-state index contributed by atoms with van der Waals surface area (Å²) in [4.78, 5) is 0. The molecule has 1 atom stereocenters. The Bertz CT molecular complexity index is 418. The molecule has 0 aromatic heterocycles. The second-order valence-corrected chi connectivity index (χ2v) is 5.18. The highest BCUT2D eigenvalue weighted by Gasteiger charge is 2.51. The molecular weight excluding hydrogens is 280 g/mol. The number of halogens is 3. The van der Waals surface area contributed by atoms with Crippen LogP contribution in [0, 0.1) is 11.6 Å². The van der Waals surface area contributed by atoms with Crippen molar-refractivity contribution < 1.29 is 13.9 Å². The fraction of sp³-hybridized carbons (Fsp3) is 0.455. The first-order valence-corrected chi connectivity index (χ1v) is 5.82. The molecule has 1 aromatic rings. The molecule has 1 aliphatic rings. The van der Waals surface area contributed by atoms with E-state index in [-0.39, 0.29) is 21.8 Å². The van der Waals surface area contributed by atoms with E-state index in [2.05, 4.69) is 15.9 Å². The minimum Gasteiger partial charge on any atom is -0.506 e. The minimum atomic E-state index is -0.990. The zero-order chi connectivity index (χ0) is 12.1. The van der Waals surface area contributed by atoms with Crippen LogP contribution in [0.5, 0.6) is 5.75 Å². The maximum Gasteiger partial charge on any atom is 0.166 e. The first-order chi connectivity index (χ1) is 7.40. The molecule has 2 nitrogen and oxygen atoms in total. The van der Waals surface area contributed by atoms with Crippen molar-refractivity contribution in [3.05, 3.63) is 27.7 Å². The van der Waals surface area contributed by atoms with Crippen molar-refractivity contribution in [2.75, 3.05) is 0 Å². The Morgan fingerprint density at radius 2 is 2.06 bits per heavy atom. The Kier molecular flexibility index (Phi) is 2.70. The zero-order valence-corrected chi connectivity index (χ0v) is 10.3. The molecule has 0 aliphatic heterocycles. The van der Waals surface area contributed by atoms with Gasteiger partial charge in [-0.1, -0.05) is 0 Å². The molecule has 0 bridgehead atoms. The van der Waals surface area contributed by atoms with Gasteiger partial charge < -0.3 is 10.8 Å². The Morgan fingerprint density at radius 3 is 2.50 bits per heavy atom. The first-order valence-electron chi connectivity index (χ1n) is 5.02. The predicted molar refractivity (Wildman–Crippen MR) is 60.3 cm³/mol. The summed E-state index contributed by atoms with van der Waals surface area (Å²) < 4.78 is 27.2. The number of hydrogen-bond donors (Lipinski definition) is 2. The molecule has 0 amide bonds. The largest absolute Gasteiger partial charge is 0.506 e. The molecule has 1 saturated carbocycles. The normalized spacial score (nSPS) is 19.6. The molecular formula is C11H12BrF2NO. The lowest BCUT2D eigenvalue weighted by Crippen LogP contribution is -2.32. The fourth-order valence-corrected chi connectivity index (χ4v) is 2.51. The Hall–Kier alpha value is -0.680. The standard InChI is InChI=1S/C11H12BrF2NO/c1-5(15)11(2-3-11)8-9(14)7(13)4-6(12)10(8)16/h4-5,16H,2-3,15H2,1H3. The molecule has 3 N–H and O–H groups in total. The van der Waals surface area contributed by atoms with Crippen LogP contribution in [0.3, 0.4) is 0 Å². The molecule has 1 unspecified atom stereocenters. The maximum absolute atomic E-state index is 13.7. The van der Waals surface area contributed by atoms with Crippen molar-refractivity contribution in [2.45, 2.75) is 31.2 Å². The van der Waals surface area contributed by atoms with Crippen LogP contribution >= 0.6 is 15.9 Å². The lowest BCUT2D eigenvalue weighted by Gasteiger charge is -2.22. The molecule has 1 aromatic carbocycles. The van der Waals surface area contributed by atoms with E-state index in [0.717, 1.165) is 6.07 Å². The van der Waals surface area contributed by atoms with Crippen LogP contribution in [-0.4, -0.2) is 11.1 Å². The average Bonchev–Trinajstić information content (AvgIpc) is 2.97. The molecule has 0 spiro atoms. The van der Waals surface area contributed by atoms with Gasteiger partial charge in [0.05, 0.1) is 4.47 Å². The molecule has 88 valence electrons. The SMILES string of the molecule is CC(N)C1(c2c(O)c(Br)cc(F)c2F)CC1. The van der Waals surface area contributed by atoms with Crippen molar-refractivity contribution in [1.82, 2.24) is 0 Å². The Balaban J connectivity index is 2.65. The van der Waals surface area contributed by atoms with Crippen LogP contribution in [0.2, 0.25) is 0 Å². The van der Waals surface area contributed by atoms with Gasteiger partial charge in [-0.25, -0.2) is 8.78 Å². The highest BCUT2D eigenvalue weighted by atomic mass is 79.9. The summed E-state index contributed by atoms with van der Waals surface area (Å²) in [5, 5.41) is 9.82. The molecule has 2 rings (SSSR count). The summed E-state index contributed by atoms with van der Waals surface area (Å²) in [5.41, 5.74) is 5.18. The predicted octanol–water partition coefficient (Wildman–Crippen LogP) is 2.81. The molecule has 0 radical (unpaired) electrons. The number of phenols is 1.